The Morgan fingerprint density at radius 2 is 2.11 bits per heavy atom. The molecule has 1 rings (SSSR count). The van der Waals surface area contributed by atoms with Crippen molar-refractivity contribution in [3.05, 3.63) is 35.7 Å². The summed E-state index contributed by atoms with van der Waals surface area (Å²) in [5, 5.41) is 8.51. The summed E-state index contributed by atoms with van der Waals surface area (Å²) in [6.07, 6.45) is 3.19. The summed E-state index contributed by atoms with van der Waals surface area (Å²) in [5.41, 5.74) is 0.437. The Hall–Kier alpha value is -1.88. The minimum Gasteiger partial charge on any atom is -0.491 e. The lowest BCUT2D eigenvalue weighted by Crippen LogP contribution is -2.07. The highest BCUT2D eigenvalue weighted by Gasteiger charge is 2.01. The Labute approximate surface area is 111 Å². The van der Waals surface area contributed by atoms with E-state index >= 15 is 0 Å². The predicted octanol–water partition coefficient (Wildman–Crippen LogP) is 2.73. The Morgan fingerprint density at radius 1 is 1.32 bits per heavy atom. The third-order valence-corrected chi connectivity index (χ3v) is 2.16. The Bertz CT molecular complexity index is 443. The molecule has 0 aromatic heterocycles. The topological polar surface area (TPSA) is 55.8 Å². The maximum Gasteiger partial charge on any atom is 0.328 e. The Kier molecular flexibility index (Phi) is 6.60. The van der Waals surface area contributed by atoms with E-state index in [2.05, 4.69) is 0 Å². The number of hydrogen-bond donors (Lipinski definition) is 1. The lowest BCUT2D eigenvalue weighted by molar-refractivity contribution is -0.131. The van der Waals surface area contributed by atoms with E-state index in [4.69, 9.17) is 14.6 Å². The van der Waals surface area contributed by atoms with Crippen LogP contribution in [0.4, 0.5) is 4.39 Å². The lowest BCUT2D eigenvalue weighted by Gasteiger charge is -2.07. The molecule has 0 amide bonds. The van der Waals surface area contributed by atoms with Crippen molar-refractivity contribution in [2.45, 2.75) is 13.3 Å². The third-order valence-electron chi connectivity index (χ3n) is 2.16. The summed E-state index contributed by atoms with van der Waals surface area (Å²) in [6, 6.07) is 4.06. The second kappa shape index (κ2) is 8.26. The molecule has 0 saturated carbocycles. The molecule has 4 nitrogen and oxygen atoms in total. The van der Waals surface area contributed by atoms with Crippen molar-refractivity contribution in [2.24, 2.45) is 0 Å². The quantitative estimate of drug-likeness (QED) is 0.582. The van der Waals surface area contributed by atoms with Crippen LogP contribution in [0.3, 0.4) is 0 Å². The fourth-order valence-corrected chi connectivity index (χ4v) is 1.40. The molecular weight excluding hydrogens is 251 g/mol. The molecule has 0 fully saturated rings. The third kappa shape index (κ3) is 6.57. The molecule has 0 bridgehead atoms. The van der Waals surface area contributed by atoms with Gasteiger partial charge < -0.3 is 14.6 Å². The van der Waals surface area contributed by atoms with Crippen molar-refractivity contribution < 1.29 is 23.8 Å². The summed E-state index contributed by atoms with van der Waals surface area (Å²) < 4.78 is 23.9. The van der Waals surface area contributed by atoms with Crippen molar-refractivity contribution in [3.8, 4) is 5.75 Å². The van der Waals surface area contributed by atoms with Gasteiger partial charge in [0.2, 0.25) is 0 Å². The number of aliphatic carboxylic acids is 1. The van der Waals surface area contributed by atoms with Crippen LogP contribution < -0.4 is 4.74 Å². The van der Waals surface area contributed by atoms with Crippen LogP contribution in [0, 0.1) is 5.82 Å². The van der Waals surface area contributed by atoms with Crippen molar-refractivity contribution >= 4 is 12.0 Å². The van der Waals surface area contributed by atoms with Crippen LogP contribution in [0.15, 0.2) is 24.3 Å². The zero-order valence-corrected chi connectivity index (χ0v) is 10.8. The van der Waals surface area contributed by atoms with Gasteiger partial charge in [0.1, 0.15) is 18.2 Å². The molecule has 1 aromatic rings. The molecule has 5 heteroatoms. The molecule has 104 valence electrons. The average molecular weight is 268 g/mol. The van der Waals surface area contributed by atoms with Crippen molar-refractivity contribution in [1.82, 2.24) is 0 Å². The highest BCUT2D eigenvalue weighted by atomic mass is 19.1. The number of carboxylic acid groups (broad SMARTS) is 1. The number of halogens is 1. The first-order valence-corrected chi connectivity index (χ1v) is 6.04. The molecule has 0 spiro atoms. The highest BCUT2D eigenvalue weighted by molar-refractivity contribution is 5.85. The number of carbonyl (C=O) groups is 1. The lowest BCUT2D eigenvalue weighted by atomic mass is 10.2. The van der Waals surface area contributed by atoms with Gasteiger partial charge in [-0.3, -0.25) is 0 Å². The molecular formula is C14H17FO4. The molecule has 1 aromatic carbocycles. The molecule has 0 saturated heterocycles. The first-order valence-electron chi connectivity index (χ1n) is 6.04. The van der Waals surface area contributed by atoms with E-state index in [0.717, 1.165) is 12.5 Å². The van der Waals surface area contributed by atoms with E-state index in [1.807, 2.05) is 6.92 Å². The number of benzene rings is 1. The van der Waals surface area contributed by atoms with Gasteiger partial charge >= 0.3 is 5.97 Å². The maximum absolute atomic E-state index is 13.3. The fourth-order valence-electron chi connectivity index (χ4n) is 1.40. The molecule has 19 heavy (non-hydrogen) atoms. The van der Waals surface area contributed by atoms with Crippen LogP contribution in [-0.2, 0) is 9.53 Å². The van der Waals surface area contributed by atoms with Crippen molar-refractivity contribution in [2.75, 3.05) is 19.8 Å². The molecule has 0 atom stereocenters. The van der Waals surface area contributed by atoms with Gasteiger partial charge in [-0.05, 0) is 30.2 Å². The zero-order valence-electron chi connectivity index (χ0n) is 10.8. The minimum absolute atomic E-state index is 0.325. The molecule has 0 aliphatic heterocycles. The first-order chi connectivity index (χ1) is 9.11. The molecule has 0 radical (unpaired) electrons. The molecule has 0 heterocycles. The van der Waals surface area contributed by atoms with Crippen LogP contribution in [0.2, 0.25) is 0 Å². The molecule has 1 N–H and O–H groups in total. The minimum atomic E-state index is -1.08. The van der Waals surface area contributed by atoms with Crippen molar-refractivity contribution in [1.29, 1.82) is 0 Å². The summed E-state index contributed by atoms with van der Waals surface area (Å²) in [7, 11) is 0. The van der Waals surface area contributed by atoms with E-state index in [0.29, 0.717) is 31.1 Å². The van der Waals surface area contributed by atoms with E-state index in [9.17, 15) is 9.18 Å². The van der Waals surface area contributed by atoms with Gasteiger partial charge in [-0.15, -0.1) is 0 Å². The number of rotatable bonds is 8. The second-order valence-corrected chi connectivity index (χ2v) is 3.85. The number of ether oxygens (including phenoxy) is 2. The van der Waals surface area contributed by atoms with Gasteiger partial charge in [-0.2, -0.15) is 0 Å². The number of carboxylic acids is 1. The molecule has 0 unspecified atom stereocenters. The second-order valence-electron chi connectivity index (χ2n) is 3.85. The molecule has 0 aliphatic rings. The SMILES string of the molecule is CCCOCCOc1cc(F)cc(/C=C/C(=O)O)c1. The van der Waals surface area contributed by atoms with Gasteiger partial charge in [0.05, 0.1) is 6.61 Å². The first kappa shape index (κ1) is 15.2. The summed E-state index contributed by atoms with van der Waals surface area (Å²) in [4.78, 5) is 10.4. The Balaban J connectivity index is 2.56. The molecule has 0 aliphatic carbocycles. The average Bonchev–Trinajstić information content (AvgIpc) is 2.35. The number of hydrogen-bond acceptors (Lipinski definition) is 3. The summed E-state index contributed by atoms with van der Waals surface area (Å²) in [5.74, 6) is -1.21. The van der Waals surface area contributed by atoms with Crippen LogP contribution >= 0.6 is 0 Å². The largest absolute Gasteiger partial charge is 0.491 e. The van der Waals surface area contributed by atoms with Crippen LogP contribution in [0.25, 0.3) is 6.08 Å². The van der Waals surface area contributed by atoms with Crippen LogP contribution in [-0.4, -0.2) is 30.9 Å². The zero-order chi connectivity index (χ0) is 14.1. The van der Waals surface area contributed by atoms with E-state index in [1.54, 1.807) is 6.07 Å². The van der Waals surface area contributed by atoms with Crippen LogP contribution in [0.5, 0.6) is 5.75 Å². The normalized spacial score (nSPS) is 10.8. The maximum atomic E-state index is 13.3. The van der Waals surface area contributed by atoms with Gasteiger partial charge in [0, 0.05) is 18.7 Å². The standard InChI is InChI=1S/C14H17FO4/c1-2-5-18-6-7-19-13-9-11(3-4-14(16)17)8-12(15)10-13/h3-4,8-10H,2,5-7H2,1H3,(H,16,17)/b4-3+. The summed E-state index contributed by atoms with van der Waals surface area (Å²) in [6.45, 7) is 3.43. The highest BCUT2D eigenvalue weighted by Crippen LogP contribution is 2.17. The van der Waals surface area contributed by atoms with E-state index in [-0.39, 0.29) is 0 Å². The van der Waals surface area contributed by atoms with Gasteiger partial charge in [-0.1, -0.05) is 6.92 Å². The van der Waals surface area contributed by atoms with Crippen LogP contribution in [0.1, 0.15) is 18.9 Å². The fraction of sp³-hybridized carbons (Fsp3) is 0.357. The van der Waals surface area contributed by atoms with E-state index < -0.39 is 11.8 Å². The van der Waals surface area contributed by atoms with Gasteiger partial charge in [0.25, 0.3) is 0 Å². The van der Waals surface area contributed by atoms with Crippen molar-refractivity contribution in [3.63, 3.8) is 0 Å². The monoisotopic (exact) mass is 268 g/mol. The van der Waals surface area contributed by atoms with E-state index in [1.165, 1.54) is 18.2 Å². The Morgan fingerprint density at radius 3 is 2.79 bits per heavy atom. The van der Waals surface area contributed by atoms with Gasteiger partial charge in [0.15, 0.2) is 0 Å². The smallest absolute Gasteiger partial charge is 0.328 e. The van der Waals surface area contributed by atoms with Gasteiger partial charge in [-0.25, -0.2) is 9.18 Å². The summed E-state index contributed by atoms with van der Waals surface area (Å²) >= 11 is 0. The predicted molar refractivity (Wildman–Crippen MR) is 69.7 cm³/mol.